The van der Waals surface area contributed by atoms with Gasteiger partial charge < -0.3 is 5.11 Å². The molecule has 31 heavy (non-hydrogen) atoms. The predicted octanol–water partition coefficient (Wildman–Crippen LogP) is 5.41. The van der Waals surface area contributed by atoms with Crippen LogP contribution in [0.2, 0.25) is 0 Å². The Bertz CT molecular complexity index is 1110. The molecular weight excluding hydrogens is 388 g/mol. The number of benzene rings is 2. The van der Waals surface area contributed by atoms with Crippen molar-refractivity contribution in [2.75, 3.05) is 0 Å². The monoisotopic (exact) mass is 420 g/mol. The maximum atomic E-state index is 13.1. The number of aromatic carboxylic acids is 1. The van der Waals surface area contributed by atoms with Crippen molar-refractivity contribution in [3.05, 3.63) is 82.0 Å². The van der Waals surface area contributed by atoms with Crippen molar-refractivity contribution in [3.8, 4) is 11.1 Å². The highest BCUT2D eigenvalue weighted by molar-refractivity contribution is 5.95. The first-order chi connectivity index (χ1) is 14.6. The van der Waals surface area contributed by atoms with Gasteiger partial charge in [0, 0.05) is 23.9 Å². The van der Waals surface area contributed by atoms with E-state index >= 15 is 0 Å². The summed E-state index contributed by atoms with van der Waals surface area (Å²) in [7, 11) is 0. The van der Waals surface area contributed by atoms with E-state index in [0.29, 0.717) is 18.0 Å². The van der Waals surface area contributed by atoms with Gasteiger partial charge in [-0.05, 0) is 35.1 Å². The number of hydrogen-bond donors (Lipinski definition) is 1. The predicted molar refractivity (Wildman–Crippen MR) is 125 cm³/mol. The zero-order chi connectivity index (χ0) is 22.8. The van der Waals surface area contributed by atoms with Crippen LogP contribution in [-0.2, 0) is 18.5 Å². The van der Waals surface area contributed by atoms with E-state index in [1.807, 2.05) is 51.7 Å². The van der Waals surface area contributed by atoms with E-state index < -0.39 is 5.97 Å². The number of imidazole rings is 1. The van der Waals surface area contributed by atoms with Crippen LogP contribution in [0.3, 0.4) is 0 Å². The van der Waals surface area contributed by atoms with Crippen LogP contribution in [0.4, 0.5) is 0 Å². The number of carboxylic acids is 1. The standard InChI is InChI=1S/C26H32N2O3/c1-18(2)14-15-27-17-23(26(3,4)5)28(25(27)31)16-19-10-12-20(13-11-19)21-8-6-7-9-22(21)24(29)30/h6-13,17-18H,14-16H2,1-5H3,(H,29,30). The maximum absolute atomic E-state index is 13.1. The molecule has 3 aromatic rings. The van der Waals surface area contributed by atoms with Crippen molar-refractivity contribution >= 4 is 5.97 Å². The average Bonchev–Trinajstić information content (AvgIpc) is 3.03. The minimum atomic E-state index is -0.941. The summed E-state index contributed by atoms with van der Waals surface area (Å²) in [6.07, 6.45) is 2.97. The molecule has 0 amide bonds. The second-order valence-corrected chi connectivity index (χ2v) is 9.56. The molecule has 0 spiro atoms. The van der Waals surface area contributed by atoms with Gasteiger partial charge in [0.25, 0.3) is 0 Å². The molecule has 0 fully saturated rings. The lowest BCUT2D eigenvalue weighted by Gasteiger charge is -2.20. The minimum Gasteiger partial charge on any atom is -0.478 e. The first-order valence-corrected chi connectivity index (χ1v) is 10.8. The molecule has 5 nitrogen and oxygen atoms in total. The van der Waals surface area contributed by atoms with E-state index in [4.69, 9.17) is 0 Å². The number of hydrogen-bond acceptors (Lipinski definition) is 2. The van der Waals surface area contributed by atoms with Crippen molar-refractivity contribution in [1.82, 2.24) is 9.13 Å². The third-order valence-electron chi connectivity index (χ3n) is 5.52. The molecule has 0 aliphatic carbocycles. The van der Waals surface area contributed by atoms with Crippen LogP contribution in [0.5, 0.6) is 0 Å². The SMILES string of the molecule is CC(C)CCn1cc(C(C)(C)C)n(Cc2ccc(-c3ccccc3C(=O)O)cc2)c1=O. The van der Waals surface area contributed by atoms with Crippen LogP contribution in [0.1, 0.15) is 62.7 Å². The van der Waals surface area contributed by atoms with Gasteiger partial charge in [-0.25, -0.2) is 9.59 Å². The van der Waals surface area contributed by atoms with E-state index in [1.165, 1.54) is 0 Å². The van der Waals surface area contributed by atoms with Gasteiger partial charge in [-0.3, -0.25) is 9.13 Å². The van der Waals surface area contributed by atoms with Crippen LogP contribution >= 0.6 is 0 Å². The number of nitrogens with zero attached hydrogens (tertiary/aromatic N) is 2. The van der Waals surface area contributed by atoms with Crippen LogP contribution in [-0.4, -0.2) is 20.2 Å². The average molecular weight is 421 g/mol. The summed E-state index contributed by atoms with van der Waals surface area (Å²) in [5, 5.41) is 9.45. The third kappa shape index (κ3) is 5.16. The molecule has 0 saturated heterocycles. The third-order valence-corrected chi connectivity index (χ3v) is 5.52. The lowest BCUT2D eigenvalue weighted by Crippen LogP contribution is -2.28. The van der Waals surface area contributed by atoms with Gasteiger partial charge in [-0.1, -0.05) is 77.1 Å². The van der Waals surface area contributed by atoms with Gasteiger partial charge in [0.15, 0.2) is 0 Å². The van der Waals surface area contributed by atoms with E-state index in [-0.39, 0.29) is 16.7 Å². The van der Waals surface area contributed by atoms with Gasteiger partial charge in [0.05, 0.1) is 12.1 Å². The first-order valence-electron chi connectivity index (χ1n) is 10.8. The van der Waals surface area contributed by atoms with Gasteiger partial charge in [0.2, 0.25) is 0 Å². The summed E-state index contributed by atoms with van der Waals surface area (Å²) >= 11 is 0. The van der Waals surface area contributed by atoms with Gasteiger partial charge in [-0.15, -0.1) is 0 Å². The molecule has 0 saturated carbocycles. The molecule has 3 rings (SSSR count). The van der Waals surface area contributed by atoms with E-state index in [2.05, 4.69) is 34.6 Å². The summed E-state index contributed by atoms with van der Waals surface area (Å²) in [4.78, 5) is 24.7. The smallest absolute Gasteiger partial charge is 0.336 e. The normalized spacial score (nSPS) is 11.8. The second kappa shape index (κ2) is 8.96. The number of carbonyl (C=O) groups is 1. The molecule has 2 aromatic carbocycles. The van der Waals surface area contributed by atoms with Crippen molar-refractivity contribution in [2.24, 2.45) is 5.92 Å². The molecule has 164 valence electrons. The highest BCUT2D eigenvalue weighted by Gasteiger charge is 2.23. The van der Waals surface area contributed by atoms with Crippen LogP contribution < -0.4 is 5.69 Å². The Morgan fingerprint density at radius 3 is 2.26 bits per heavy atom. The lowest BCUT2D eigenvalue weighted by atomic mass is 9.92. The first kappa shape index (κ1) is 22.6. The number of rotatable bonds is 7. The molecule has 1 N–H and O–H groups in total. The van der Waals surface area contributed by atoms with Crippen molar-refractivity contribution in [3.63, 3.8) is 0 Å². The Morgan fingerprint density at radius 1 is 1.03 bits per heavy atom. The van der Waals surface area contributed by atoms with Crippen molar-refractivity contribution < 1.29 is 9.90 Å². The Labute approximate surface area is 184 Å². The largest absolute Gasteiger partial charge is 0.478 e. The molecular formula is C26H32N2O3. The minimum absolute atomic E-state index is 0.0193. The molecule has 0 bridgehead atoms. The van der Waals surface area contributed by atoms with Gasteiger partial charge >= 0.3 is 11.7 Å². The van der Waals surface area contributed by atoms with Crippen LogP contribution in [0.25, 0.3) is 11.1 Å². The van der Waals surface area contributed by atoms with Crippen LogP contribution in [0.15, 0.2) is 59.5 Å². The Kier molecular flexibility index (Phi) is 6.54. The Morgan fingerprint density at radius 2 is 1.68 bits per heavy atom. The summed E-state index contributed by atoms with van der Waals surface area (Å²) < 4.78 is 3.69. The highest BCUT2D eigenvalue weighted by Crippen LogP contribution is 2.26. The Hall–Kier alpha value is -3.08. The number of carboxylic acid groups (broad SMARTS) is 1. The lowest BCUT2D eigenvalue weighted by molar-refractivity contribution is 0.0697. The zero-order valence-electron chi connectivity index (χ0n) is 19.1. The van der Waals surface area contributed by atoms with Crippen LogP contribution in [0, 0.1) is 5.92 Å². The summed E-state index contributed by atoms with van der Waals surface area (Å²) in [6, 6.07) is 14.8. The second-order valence-electron chi connectivity index (χ2n) is 9.56. The number of aryl methyl sites for hydroxylation is 1. The summed E-state index contributed by atoms with van der Waals surface area (Å²) in [5.74, 6) is -0.404. The summed E-state index contributed by atoms with van der Waals surface area (Å²) in [5.41, 5.74) is 3.71. The zero-order valence-corrected chi connectivity index (χ0v) is 19.1. The summed E-state index contributed by atoms with van der Waals surface area (Å²) in [6.45, 7) is 11.9. The fourth-order valence-electron chi connectivity index (χ4n) is 3.73. The fourth-order valence-corrected chi connectivity index (χ4v) is 3.73. The molecule has 0 radical (unpaired) electrons. The van der Waals surface area contributed by atoms with Gasteiger partial charge in [-0.2, -0.15) is 0 Å². The van der Waals surface area contributed by atoms with E-state index in [9.17, 15) is 14.7 Å². The molecule has 0 aliphatic rings. The fraction of sp³-hybridized carbons (Fsp3) is 0.385. The maximum Gasteiger partial charge on any atom is 0.336 e. The Balaban J connectivity index is 1.93. The van der Waals surface area contributed by atoms with Gasteiger partial charge in [0.1, 0.15) is 0 Å². The highest BCUT2D eigenvalue weighted by atomic mass is 16.4. The molecule has 0 aliphatic heterocycles. The molecule has 0 unspecified atom stereocenters. The molecule has 1 heterocycles. The van der Waals surface area contributed by atoms with Crippen molar-refractivity contribution in [2.45, 2.75) is 59.5 Å². The van der Waals surface area contributed by atoms with E-state index in [0.717, 1.165) is 29.8 Å². The van der Waals surface area contributed by atoms with Crippen molar-refractivity contribution in [1.29, 1.82) is 0 Å². The molecule has 0 atom stereocenters. The topological polar surface area (TPSA) is 64.2 Å². The molecule has 1 aromatic heterocycles. The van der Waals surface area contributed by atoms with E-state index in [1.54, 1.807) is 12.1 Å². The molecule has 5 heteroatoms. The number of aromatic nitrogens is 2. The quantitative estimate of drug-likeness (QED) is 0.556.